The van der Waals surface area contributed by atoms with E-state index >= 15 is 0 Å². The minimum atomic E-state index is -0.329. The number of hydrogen-bond donors (Lipinski definition) is 2. The molecular weight excluding hydrogens is 318 g/mol. The third kappa shape index (κ3) is 3.39. The molecule has 0 saturated carbocycles. The van der Waals surface area contributed by atoms with Gasteiger partial charge in [0.15, 0.2) is 0 Å². The van der Waals surface area contributed by atoms with Gasteiger partial charge in [0.05, 0.1) is 5.56 Å². The number of phenolic OH excluding ortho intramolecular Hbond substituents is 1. The Kier molecular flexibility index (Phi) is 4.45. The van der Waals surface area contributed by atoms with Crippen LogP contribution in [0.1, 0.15) is 35.7 Å². The molecule has 0 aliphatic carbocycles. The maximum Gasteiger partial charge on any atom is 0.259 e. The molecular formula is C16H16BrNO2. The van der Waals surface area contributed by atoms with E-state index in [9.17, 15) is 9.90 Å². The summed E-state index contributed by atoms with van der Waals surface area (Å²) in [5.41, 5.74) is 2.12. The van der Waals surface area contributed by atoms with Crippen LogP contribution in [0, 0.1) is 0 Å². The summed E-state index contributed by atoms with van der Waals surface area (Å²) in [5, 5.41) is 12.5. The van der Waals surface area contributed by atoms with Gasteiger partial charge < -0.3 is 10.4 Å². The Morgan fingerprint density at radius 2 is 1.95 bits per heavy atom. The summed E-state index contributed by atoms with van der Waals surface area (Å²) in [5.74, 6) is 0.0292. The number of amides is 1. The summed E-state index contributed by atoms with van der Waals surface area (Å²) >= 11 is 3.29. The minimum absolute atomic E-state index is 0.0364. The molecule has 0 aliphatic heterocycles. The number of rotatable bonds is 3. The fourth-order valence-corrected chi connectivity index (χ4v) is 2.23. The SMILES string of the molecule is CC(C)c1cccc(NC(=O)c2cc(Br)ccc2O)c1. The first-order chi connectivity index (χ1) is 9.47. The molecule has 2 N–H and O–H groups in total. The first kappa shape index (κ1) is 14.6. The molecule has 0 bridgehead atoms. The lowest BCUT2D eigenvalue weighted by Crippen LogP contribution is -2.12. The molecule has 0 heterocycles. The van der Waals surface area contributed by atoms with Crippen molar-refractivity contribution in [3.05, 3.63) is 58.1 Å². The van der Waals surface area contributed by atoms with E-state index in [-0.39, 0.29) is 17.2 Å². The van der Waals surface area contributed by atoms with Crippen molar-refractivity contribution in [2.75, 3.05) is 5.32 Å². The third-order valence-corrected chi connectivity index (χ3v) is 3.51. The van der Waals surface area contributed by atoms with Gasteiger partial charge in [0.25, 0.3) is 5.91 Å². The summed E-state index contributed by atoms with van der Waals surface area (Å²) < 4.78 is 0.747. The summed E-state index contributed by atoms with van der Waals surface area (Å²) in [6, 6.07) is 12.5. The van der Waals surface area contributed by atoms with E-state index in [0.717, 1.165) is 15.7 Å². The second-order valence-electron chi connectivity index (χ2n) is 4.90. The number of carbonyl (C=O) groups excluding carboxylic acids is 1. The van der Waals surface area contributed by atoms with Crippen molar-refractivity contribution >= 4 is 27.5 Å². The second kappa shape index (κ2) is 6.09. The third-order valence-electron chi connectivity index (χ3n) is 3.01. The van der Waals surface area contributed by atoms with Gasteiger partial charge in [0.2, 0.25) is 0 Å². The van der Waals surface area contributed by atoms with Gasteiger partial charge in [-0.3, -0.25) is 4.79 Å². The van der Waals surface area contributed by atoms with Gasteiger partial charge in [-0.2, -0.15) is 0 Å². The molecule has 0 aromatic heterocycles. The number of hydrogen-bond acceptors (Lipinski definition) is 2. The van der Waals surface area contributed by atoms with Crippen molar-refractivity contribution in [1.29, 1.82) is 0 Å². The van der Waals surface area contributed by atoms with Crippen molar-refractivity contribution in [3.8, 4) is 5.75 Å². The van der Waals surface area contributed by atoms with Gasteiger partial charge in [0.1, 0.15) is 5.75 Å². The van der Waals surface area contributed by atoms with Gasteiger partial charge >= 0.3 is 0 Å². The van der Waals surface area contributed by atoms with E-state index in [1.54, 1.807) is 12.1 Å². The number of halogens is 1. The fourth-order valence-electron chi connectivity index (χ4n) is 1.86. The Morgan fingerprint density at radius 3 is 2.65 bits per heavy atom. The van der Waals surface area contributed by atoms with Gasteiger partial charge in [-0.1, -0.05) is 41.9 Å². The van der Waals surface area contributed by atoms with Gasteiger partial charge in [-0.25, -0.2) is 0 Å². The predicted molar refractivity (Wildman–Crippen MR) is 84.3 cm³/mol. The number of carbonyl (C=O) groups is 1. The van der Waals surface area contributed by atoms with Crippen molar-refractivity contribution in [1.82, 2.24) is 0 Å². The molecule has 2 aromatic carbocycles. The zero-order chi connectivity index (χ0) is 14.7. The molecule has 0 saturated heterocycles. The van der Waals surface area contributed by atoms with Crippen LogP contribution in [-0.4, -0.2) is 11.0 Å². The first-order valence-electron chi connectivity index (χ1n) is 6.37. The van der Waals surface area contributed by atoms with E-state index in [4.69, 9.17) is 0 Å². The summed E-state index contributed by atoms with van der Waals surface area (Å²) in [4.78, 5) is 12.2. The highest BCUT2D eigenvalue weighted by molar-refractivity contribution is 9.10. The van der Waals surface area contributed by atoms with Crippen molar-refractivity contribution in [2.24, 2.45) is 0 Å². The number of nitrogens with one attached hydrogen (secondary N) is 1. The van der Waals surface area contributed by atoms with Crippen LogP contribution in [-0.2, 0) is 0 Å². The quantitative estimate of drug-likeness (QED) is 0.866. The number of anilines is 1. The van der Waals surface area contributed by atoms with Gasteiger partial charge in [-0.15, -0.1) is 0 Å². The van der Waals surface area contributed by atoms with Crippen molar-refractivity contribution in [2.45, 2.75) is 19.8 Å². The van der Waals surface area contributed by atoms with Crippen molar-refractivity contribution in [3.63, 3.8) is 0 Å². The van der Waals surface area contributed by atoms with Crippen LogP contribution in [0.4, 0.5) is 5.69 Å². The van der Waals surface area contributed by atoms with Crippen molar-refractivity contribution < 1.29 is 9.90 Å². The zero-order valence-corrected chi connectivity index (χ0v) is 12.9. The molecule has 4 heteroatoms. The average molecular weight is 334 g/mol. The predicted octanol–water partition coefficient (Wildman–Crippen LogP) is 4.53. The fraction of sp³-hybridized carbons (Fsp3) is 0.188. The molecule has 1 amide bonds. The molecule has 20 heavy (non-hydrogen) atoms. The van der Waals surface area contributed by atoms with Gasteiger partial charge in [-0.05, 0) is 41.8 Å². The smallest absolute Gasteiger partial charge is 0.259 e. The largest absolute Gasteiger partial charge is 0.507 e. The minimum Gasteiger partial charge on any atom is -0.507 e. The topological polar surface area (TPSA) is 49.3 Å². The molecule has 0 radical (unpaired) electrons. The van der Waals surface area contributed by atoms with Crippen LogP contribution in [0.15, 0.2) is 46.9 Å². The highest BCUT2D eigenvalue weighted by Crippen LogP contribution is 2.24. The van der Waals surface area contributed by atoms with Crippen LogP contribution in [0.3, 0.4) is 0 Å². The molecule has 0 atom stereocenters. The monoisotopic (exact) mass is 333 g/mol. The lowest BCUT2D eigenvalue weighted by atomic mass is 10.0. The van der Waals surface area contributed by atoms with Crippen LogP contribution >= 0.6 is 15.9 Å². The normalized spacial score (nSPS) is 10.6. The molecule has 104 valence electrons. The van der Waals surface area contributed by atoms with Gasteiger partial charge in [0, 0.05) is 10.2 Å². The zero-order valence-electron chi connectivity index (χ0n) is 11.4. The standard InChI is InChI=1S/C16H16BrNO2/c1-10(2)11-4-3-5-13(8-11)18-16(20)14-9-12(17)6-7-15(14)19/h3-10,19H,1-2H3,(H,18,20). The lowest BCUT2D eigenvalue weighted by molar-refractivity contribution is 0.102. The van der Waals surface area contributed by atoms with Crippen LogP contribution in [0.5, 0.6) is 5.75 Å². The molecule has 2 aromatic rings. The Bertz CT molecular complexity index is 638. The van der Waals surface area contributed by atoms with E-state index in [2.05, 4.69) is 35.1 Å². The summed E-state index contributed by atoms with van der Waals surface area (Å²) in [7, 11) is 0. The maximum atomic E-state index is 12.2. The van der Waals surface area contributed by atoms with Crippen LogP contribution in [0.2, 0.25) is 0 Å². The molecule has 2 rings (SSSR count). The Balaban J connectivity index is 2.23. The molecule has 0 aliphatic rings. The van der Waals surface area contributed by atoms with E-state index < -0.39 is 0 Å². The first-order valence-corrected chi connectivity index (χ1v) is 7.16. The highest BCUT2D eigenvalue weighted by atomic mass is 79.9. The number of benzene rings is 2. The summed E-state index contributed by atoms with van der Waals surface area (Å²) in [6.07, 6.45) is 0. The van der Waals surface area contributed by atoms with E-state index in [0.29, 0.717) is 5.92 Å². The maximum absolute atomic E-state index is 12.2. The van der Waals surface area contributed by atoms with E-state index in [1.807, 2.05) is 24.3 Å². The molecule has 0 spiro atoms. The highest BCUT2D eigenvalue weighted by Gasteiger charge is 2.12. The molecule has 0 unspecified atom stereocenters. The molecule has 0 fully saturated rings. The van der Waals surface area contributed by atoms with E-state index in [1.165, 1.54) is 6.07 Å². The van der Waals surface area contributed by atoms with Crippen LogP contribution in [0.25, 0.3) is 0 Å². The molecule has 3 nitrogen and oxygen atoms in total. The summed E-state index contributed by atoms with van der Waals surface area (Å²) in [6.45, 7) is 4.20. The second-order valence-corrected chi connectivity index (χ2v) is 5.81. The Hall–Kier alpha value is -1.81. The Morgan fingerprint density at radius 1 is 1.20 bits per heavy atom. The van der Waals surface area contributed by atoms with Crippen LogP contribution < -0.4 is 5.32 Å². The number of aromatic hydroxyl groups is 1. The average Bonchev–Trinajstić information content (AvgIpc) is 2.41. The number of phenols is 1. The lowest BCUT2D eigenvalue weighted by Gasteiger charge is -2.10. The Labute approximate surface area is 126 Å².